The second-order valence-electron chi connectivity index (χ2n) is 6.06. The van der Waals surface area contributed by atoms with Gasteiger partial charge >= 0.3 is 5.97 Å². The Bertz CT molecular complexity index is 511. The first-order valence-electron chi connectivity index (χ1n) is 7.69. The Morgan fingerprint density at radius 2 is 2.05 bits per heavy atom. The minimum atomic E-state index is -0.0705. The zero-order valence-corrected chi connectivity index (χ0v) is 13.0. The van der Waals surface area contributed by atoms with Crippen molar-refractivity contribution < 1.29 is 14.3 Å². The number of carbonyl (C=O) groups excluding carboxylic acids is 1. The highest BCUT2D eigenvalue weighted by molar-refractivity contribution is 6.31. The number of hydrogen-bond acceptors (Lipinski definition) is 3. The van der Waals surface area contributed by atoms with Crippen molar-refractivity contribution in [2.45, 2.75) is 38.2 Å². The van der Waals surface area contributed by atoms with E-state index in [1.807, 2.05) is 31.2 Å². The van der Waals surface area contributed by atoms with E-state index in [0.29, 0.717) is 5.92 Å². The predicted octanol–water partition coefficient (Wildman–Crippen LogP) is 3.80. The topological polar surface area (TPSA) is 35.5 Å². The molecule has 0 N–H and O–H groups in total. The van der Waals surface area contributed by atoms with Crippen LogP contribution in [0.4, 0.5) is 0 Å². The summed E-state index contributed by atoms with van der Waals surface area (Å²) in [5.74, 6) is 0.569. The molecule has 3 nitrogen and oxygen atoms in total. The number of rotatable bonds is 4. The van der Waals surface area contributed by atoms with Gasteiger partial charge in [-0.05, 0) is 43.7 Å². The predicted molar refractivity (Wildman–Crippen MR) is 81.4 cm³/mol. The first-order chi connectivity index (χ1) is 10.2. The van der Waals surface area contributed by atoms with Gasteiger partial charge in [-0.25, -0.2) is 0 Å². The highest BCUT2D eigenvalue weighted by Gasteiger charge is 2.46. The van der Waals surface area contributed by atoms with Crippen LogP contribution in [0, 0.1) is 11.8 Å². The summed E-state index contributed by atoms with van der Waals surface area (Å²) in [6.45, 7) is 3.55. The number of halogens is 1. The normalized spacial score (nSPS) is 27.1. The molecule has 3 rings (SSSR count). The largest absolute Gasteiger partial charge is 0.462 e. The van der Waals surface area contributed by atoms with Crippen molar-refractivity contribution in [1.82, 2.24) is 0 Å². The Morgan fingerprint density at radius 3 is 2.76 bits per heavy atom. The summed E-state index contributed by atoms with van der Waals surface area (Å²) < 4.78 is 11.0. The number of hydrogen-bond donors (Lipinski definition) is 0. The van der Waals surface area contributed by atoms with Crippen LogP contribution in [-0.2, 0) is 14.3 Å². The maximum atomic E-state index is 12.3. The fraction of sp³-hybridized carbons (Fsp3) is 0.588. The molecule has 2 fully saturated rings. The lowest BCUT2D eigenvalue weighted by Gasteiger charge is -2.27. The van der Waals surface area contributed by atoms with Crippen LogP contribution < -0.4 is 0 Å². The van der Waals surface area contributed by atoms with Gasteiger partial charge in [0.1, 0.15) is 6.10 Å². The van der Waals surface area contributed by atoms with Crippen molar-refractivity contribution in [2.75, 3.05) is 13.2 Å². The van der Waals surface area contributed by atoms with Crippen LogP contribution in [-0.4, -0.2) is 25.3 Å². The van der Waals surface area contributed by atoms with Crippen molar-refractivity contribution >= 4 is 17.6 Å². The van der Waals surface area contributed by atoms with Crippen molar-refractivity contribution in [3.8, 4) is 0 Å². The molecule has 21 heavy (non-hydrogen) atoms. The number of carbonyl (C=O) groups is 1. The second kappa shape index (κ2) is 6.37. The van der Waals surface area contributed by atoms with Gasteiger partial charge in [0.25, 0.3) is 0 Å². The number of benzene rings is 1. The summed E-state index contributed by atoms with van der Waals surface area (Å²) >= 11 is 6.19. The van der Waals surface area contributed by atoms with Gasteiger partial charge in [-0.1, -0.05) is 29.8 Å². The van der Waals surface area contributed by atoms with E-state index >= 15 is 0 Å². The smallest absolute Gasteiger partial charge is 0.309 e. The molecule has 1 aliphatic heterocycles. The molecule has 1 aromatic rings. The van der Waals surface area contributed by atoms with Crippen LogP contribution in [0.2, 0.25) is 5.02 Å². The van der Waals surface area contributed by atoms with E-state index in [1.165, 1.54) is 0 Å². The Labute approximate surface area is 130 Å². The minimum Gasteiger partial charge on any atom is -0.462 e. The van der Waals surface area contributed by atoms with Crippen molar-refractivity contribution in [3.63, 3.8) is 0 Å². The molecule has 0 bridgehead atoms. The number of esters is 1. The molecule has 114 valence electrons. The Morgan fingerprint density at radius 1 is 1.33 bits per heavy atom. The van der Waals surface area contributed by atoms with E-state index < -0.39 is 0 Å². The lowest BCUT2D eigenvalue weighted by atomic mass is 9.95. The molecule has 2 aliphatic rings. The van der Waals surface area contributed by atoms with Gasteiger partial charge in [0, 0.05) is 24.2 Å². The molecule has 0 amide bonds. The molecule has 1 aliphatic carbocycles. The van der Waals surface area contributed by atoms with Crippen LogP contribution in [0.3, 0.4) is 0 Å². The molecule has 0 aromatic heterocycles. The fourth-order valence-corrected chi connectivity index (χ4v) is 3.40. The van der Waals surface area contributed by atoms with Crippen molar-refractivity contribution in [3.05, 3.63) is 34.9 Å². The average molecular weight is 309 g/mol. The van der Waals surface area contributed by atoms with E-state index in [2.05, 4.69) is 0 Å². The monoisotopic (exact) mass is 308 g/mol. The first kappa shape index (κ1) is 14.9. The minimum absolute atomic E-state index is 0.0195. The van der Waals surface area contributed by atoms with Gasteiger partial charge in [0.2, 0.25) is 0 Å². The Kier molecular flexibility index (Phi) is 4.51. The molecule has 0 unspecified atom stereocenters. The highest BCUT2D eigenvalue weighted by atomic mass is 35.5. The van der Waals surface area contributed by atoms with Crippen LogP contribution in [0.15, 0.2) is 24.3 Å². The summed E-state index contributed by atoms with van der Waals surface area (Å²) in [5, 5.41) is 0.746. The lowest BCUT2D eigenvalue weighted by Crippen LogP contribution is -2.29. The fourth-order valence-electron chi connectivity index (χ4n) is 3.13. The van der Waals surface area contributed by atoms with Gasteiger partial charge in [0.15, 0.2) is 0 Å². The maximum absolute atomic E-state index is 12.3. The van der Waals surface area contributed by atoms with E-state index in [-0.39, 0.29) is 23.9 Å². The molecular weight excluding hydrogens is 288 g/mol. The zero-order valence-electron chi connectivity index (χ0n) is 12.3. The van der Waals surface area contributed by atoms with Crippen LogP contribution >= 0.6 is 11.6 Å². The molecular formula is C17H21ClO3. The summed E-state index contributed by atoms with van der Waals surface area (Å²) in [6.07, 6.45) is 2.79. The van der Waals surface area contributed by atoms with Gasteiger partial charge in [-0.15, -0.1) is 0 Å². The second-order valence-corrected chi connectivity index (χ2v) is 6.47. The third-order valence-electron chi connectivity index (χ3n) is 4.63. The van der Waals surface area contributed by atoms with E-state index in [1.54, 1.807) is 0 Å². The quantitative estimate of drug-likeness (QED) is 0.794. The first-order valence-corrected chi connectivity index (χ1v) is 8.07. The average Bonchev–Trinajstić information content (AvgIpc) is 3.29. The van der Waals surface area contributed by atoms with E-state index in [9.17, 15) is 4.79 Å². The van der Waals surface area contributed by atoms with Gasteiger partial charge in [-0.2, -0.15) is 0 Å². The molecule has 0 spiro atoms. The van der Waals surface area contributed by atoms with Crippen LogP contribution in [0.1, 0.15) is 37.7 Å². The molecule has 1 saturated heterocycles. The highest BCUT2D eigenvalue weighted by Crippen LogP contribution is 2.50. The van der Waals surface area contributed by atoms with Gasteiger partial charge in [-0.3, -0.25) is 4.79 Å². The molecule has 3 atom stereocenters. The zero-order chi connectivity index (χ0) is 14.8. The molecule has 1 heterocycles. The van der Waals surface area contributed by atoms with Gasteiger partial charge < -0.3 is 9.47 Å². The molecule has 1 aromatic carbocycles. The lowest BCUT2D eigenvalue weighted by molar-refractivity contribution is -0.154. The Hall–Kier alpha value is -1.06. The summed E-state index contributed by atoms with van der Waals surface area (Å²) in [6, 6.07) is 7.76. The van der Waals surface area contributed by atoms with Crippen LogP contribution in [0.5, 0.6) is 0 Å². The Balaban J connectivity index is 1.54. The summed E-state index contributed by atoms with van der Waals surface area (Å²) in [4.78, 5) is 12.3. The van der Waals surface area contributed by atoms with E-state index in [4.69, 9.17) is 21.1 Å². The molecule has 0 radical (unpaired) electrons. The van der Waals surface area contributed by atoms with Crippen LogP contribution in [0.25, 0.3) is 0 Å². The van der Waals surface area contributed by atoms with E-state index in [0.717, 1.165) is 43.1 Å². The standard InChI is InChI=1S/C17H21ClO3/c1-11(12-6-8-20-9-7-12)21-17(19)15-10-14(15)13-4-2-3-5-16(13)18/h2-5,11-12,14-15H,6-10H2,1H3/t11-,14+,15-/m0/s1. The summed E-state index contributed by atoms with van der Waals surface area (Å²) in [5.41, 5.74) is 1.07. The van der Waals surface area contributed by atoms with Crippen molar-refractivity contribution in [2.24, 2.45) is 11.8 Å². The van der Waals surface area contributed by atoms with Crippen molar-refractivity contribution in [1.29, 1.82) is 0 Å². The maximum Gasteiger partial charge on any atom is 0.309 e. The molecule has 1 saturated carbocycles. The summed E-state index contributed by atoms with van der Waals surface area (Å²) in [7, 11) is 0. The molecule has 4 heteroatoms. The third-order valence-corrected chi connectivity index (χ3v) is 4.97. The van der Waals surface area contributed by atoms with Gasteiger partial charge in [0.05, 0.1) is 5.92 Å². The number of ether oxygens (including phenoxy) is 2. The third kappa shape index (κ3) is 3.41. The SMILES string of the molecule is C[C@H](OC(=O)[C@H]1C[C@@H]1c1ccccc1Cl)C1CCOCC1.